The summed E-state index contributed by atoms with van der Waals surface area (Å²) in [4.78, 5) is 8.69. The minimum absolute atomic E-state index is 0.0454. The van der Waals surface area contributed by atoms with Crippen molar-refractivity contribution in [2.24, 2.45) is 0 Å². The molecule has 2 aromatic rings. The van der Waals surface area contributed by atoms with Gasteiger partial charge in [-0.1, -0.05) is 12.1 Å². The summed E-state index contributed by atoms with van der Waals surface area (Å²) in [7, 11) is 3.58. The molecule has 0 radical (unpaired) electrons. The molecule has 0 spiro atoms. The molecular weight excluding hydrogens is 226 g/mol. The normalized spacial score (nSPS) is 12.2. The zero-order valence-electron chi connectivity index (χ0n) is 10.8. The molecule has 0 aliphatic rings. The number of hydrogen-bond donors (Lipinski definition) is 1. The van der Waals surface area contributed by atoms with Gasteiger partial charge in [-0.15, -0.1) is 0 Å². The zero-order valence-corrected chi connectivity index (χ0v) is 10.8. The molecule has 1 heterocycles. The van der Waals surface area contributed by atoms with E-state index in [4.69, 9.17) is 4.74 Å². The average Bonchev–Trinajstić information content (AvgIpc) is 2.42. The Kier molecular flexibility index (Phi) is 3.89. The molecule has 1 unspecified atom stereocenters. The fourth-order valence-electron chi connectivity index (χ4n) is 1.83. The zero-order chi connectivity index (χ0) is 13.0. The van der Waals surface area contributed by atoms with Gasteiger partial charge in [-0.3, -0.25) is 9.97 Å². The van der Waals surface area contributed by atoms with Crippen molar-refractivity contribution in [1.82, 2.24) is 15.3 Å². The second-order valence-corrected chi connectivity index (χ2v) is 4.08. The van der Waals surface area contributed by atoms with Crippen LogP contribution < -0.4 is 10.1 Å². The van der Waals surface area contributed by atoms with Crippen LogP contribution in [-0.4, -0.2) is 24.1 Å². The van der Waals surface area contributed by atoms with Gasteiger partial charge in [0.05, 0.1) is 30.7 Å². The molecule has 1 aromatic heterocycles. The Morgan fingerprint density at radius 1 is 1.11 bits per heavy atom. The minimum Gasteiger partial charge on any atom is -0.497 e. The summed E-state index contributed by atoms with van der Waals surface area (Å²) < 4.78 is 5.16. The lowest BCUT2D eigenvalue weighted by molar-refractivity contribution is 0.414. The maximum Gasteiger partial charge on any atom is 0.118 e. The Morgan fingerprint density at radius 2 is 1.83 bits per heavy atom. The summed E-state index contributed by atoms with van der Waals surface area (Å²) in [5.41, 5.74) is 2.97. The largest absolute Gasteiger partial charge is 0.497 e. The molecule has 0 aliphatic heterocycles. The summed E-state index contributed by atoms with van der Waals surface area (Å²) in [6.07, 6.45) is 3.59. The highest BCUT2D eigenvalue weighted by molar-refractivity contribution is 5.32. The van der Waals surface area contributed by atoms with Crippen LogP contribution in [-0.2, 0) is 0 Å². The summed E-state index contributed by atoms with van der Waals surface area (Å²) in [5, 5.41) is 3.25. The second-order valence-electron chi connectivity index (χ2n) is 4.08. The van der Waals surface area contributed by atoms with Crippen LogP contribution in [0, 0.1) is 6.92 Å². The lowest BCUT2D eigenvalue weighted by Gasteiger charge is -2.16. The van der Waals surface area contributed by atoms with E-state index in [1.807, 2.05) is 38.2 Å². The standard InChI is InChI=1S/C14H17N3O/c1-10-8-17-13(9-16-10)14(15-2)11-4-6-12(18-3)7-5-11/h4-9,14-15H,1-3H3. The van der Waals surface area contributed by atoms with Gasteiger partial charge >= 0.3 is 0 Å². The Labute approximate surface area is 107 Å². The molecule has 0 bridgehead atoms. The van der Waals surface area contributed by atoms with Crippen molar-refractivity contribution in [2.45, 2.75) is 13.0 Å². The summed E-state index contributed by atoms with van der Waals surface area (Å²) in [6, 6.07) is 8.00. The number of rotatable bonds is 4. The van der Waals surface area contributed by atoms with Gasteiger partial charge in [0.25, 0.3) is 0 Å². The van der Waals surface area contributed by atoms with Crippen LogP contribution in [0.2, 0.25) is 0 Å². The highest BCUT2D eigenvalue weighted by Crippen LogP contribution is 2.21. The number of ether oxygens (including phenoxy) is 1. The molecule has 0 aliphatic carbocycles. The number of methoxy groups -OCH3 is 1. The summed E-state index contributed by atoms with van der Waals surface area (Å²) >= 11 is 0. The lowest BCUT2D eigenvalue weighted by atomic mass is 10.0. The molecule has 4 heteroatoms. The van der Waals surface area contributed by atoms with Gasteiger partial charge in [-0.25, -0.2) is 0 Å². The van der Waals surface area contributed by atoms with E-state index < -0.39 is 0 Å². The number of nitrogens with zero attached hydrogens (tertiary/aromatic N) is 2. The molecule has 18 heavy (non-hydrogen) atoms. The van der Waals surface area contributed by atoms with Crippen LogP contribution in [0.3, 0.4) is 0 Å². The average molecular weight is 243 g/mol. The van der Waals surface area contributed by atoms with E-state index in [9.17, 15) is 0 Å². The van der Waals surface area contributed by atoms with Crippen molar-refractivity contribution < 1.29 is 4.74 Å². The van der Waals surface area contributed by atoms with Crippen LogP contribution in [0.4, 0.5) is 0 Å². The van der Waals surface area contributed by atoms with Crippen molar-refractivity contribution >= 4 is 0 Å². The first-order valence-corrected chi connectivity index (χ1v) is 5.84. The third kappa shape index (κ3) is 2.65. The maximum absolute atomic E-state index is 5.16. The van der Waals surface area contributed by atoms with E-state index in [2.05, 4.69) is 15.3 Å². The second kappa shape index (κ2) is 5.60. The van der Waals surface area contributed by atoms with Gasteiger partial charge in [0.1, 0.15) is 5.75 Å². The quantitative estimate of drug-likeness (QED) is 0.893. The molecule has 0 saturated heterocycles. The van der Waals surface area contributed by atoms with Gasteiger partial charge in [-0.05, 0) is 31.7 Å². The van der Waals surface area contributed by atoms with E-state index in [1.165, 1.54) is 0 Å². The number of hydrogen-bond acceptors (Lipinski definition) is 4. The Hall–Kier alpha value is -1.94. The molecular formula is C14H17N3O. The highest BCUT2D eigenvalue weighted by Gasteiger charge is 2.13. The molecule has 4 nitrogen and oxygen atoms in total. The summed E-state index contributed by atoms with van der Waals surface area (Å²) in [5.74, 6) is 0.851. The van der Waals surface area contributed by atoms with E-state index in [1.54, 1.807) is 19.5 Å². The topological polar surface area (TPSA) is 47.0 Å². The van der Waals surface area contributed by atoms with Crippen molar-refractivity contribution in [3.05, 3.63) is 53.6 Å². The predicted molar refractivity (Wildman–Crippen MR) is 70.7 cm³/mol. The Balaban J connectivity index is 2.29. The highest BCUT2D eigenvalue weighted by atomic mass is 16.5. The number of aryl methyl sites for hydroxylation is 1. The minimum atomic E-state index is 0.0454. The molecule has 0 fully saturated rings. The van der Waals surface area contributed by atoms with E-state index in [0.717, 1.165) is 22.7 Å². The third-order valence-corrected chi connectivity index (χ3v) is 2.83. The van der Waals surface area contributed by atoms with Gasteiger partial charge in [0.2, 0.25) is 0 Å². The van der Waals surface area contributed by atoms with Gasteiger partial charge in [0, 0.05) is 6.20 Å². The molecule has 1 aromatic carbocycles. The number of benzene rings is 1. The monoisotopic (exact) mass is 243 g/mol. The fraction of sp³-hybridized carbons (Fsp3) is 0.286. The molecule has 0 amide bonds. The molecule has 1 atom stereocenters. The first-order valence-electron chi connectivity index (χ1n) is 5.84. The van der Waals surface area contributed by atoms with Crippen LogP contribution in [0.25, 0.3) is 0 Å². The van der Waals surface area contributed by atoms with E-state index in [0.29, 0.717) is 0 Å². The van der Waals surface area contributed by atoms with Crippen LogP contribution in [0.1, 0.15) is 23.0 Å². The van der Waals surface area contributed by atoms with Crippen molar-refractivity contribution in [1.29, 1.82) is 0 Å². The van der Waals surface area contributed by atoms with Crippen molar-refractivity contribution in [2.75, 3.05) is 14.2 Å². The Bertz CT molecular complexity index is 493. The number of aromatic nitrogens is 2. The van der Waals surface area contributed by atoms with E-state index in [-0.39, 0.29) is 6.04 Å². The SMILES string of the molecule is CNC(c1ccc(OC)cc1)c1cnc(C)cn1. The molecule has 1 N–H and O–H groups in total. The lowest BCUT2D eigenvalue weighted by Crippen LogP contribution is -2.19. The maximum atomic E-state index is 5.16. The van der Waals surface area contributed by atoms with Crippen LogP contribution in [0.5, 0.6) is 5.75 Å². The Morgan fingerprint density at radius 3 is 2.33 bits per heavy atom. The van der Waals surface area contributed by atoms with E-state index >= 15 is 0 Å². The van der Waals surface area contributed by atoms with Gasteiger partial charge in [-0.2, -0.15) is 0 Å². The first-order chi connectivity index (χ1) is 8.74. The van der Waals surface area contributed by atoms with Crippen LogP contribution in [0.15, 0.2) is 36.7 Å². The summed E-state index contributed by atoms with van der Waals surface area (Å²) in [6.45, 7) is 1.93. The van der Waals surface area contributed by atoms with Crippen molar-refractivity contribution in [3.63, 3.8) is 0 Å². The molecule has 94 valence electrons. The first kappa shape index (κ1) is 12.5. The van der Waals surface area contributed by atoms with Crippen LogP contribution >= 0.6 is 0 Å². The molecule has 2 rings (SSSR count). The van der Waals surface area contributed by atoms with Crippen molar-refractivity contribution in [3.8, 4) is 5.75 Å². The van der Waals surface area contributed by atoms with Gasteiger partial charge < -0.3 is 10.1 Å². The number of nitrogens with one attached hydrogen (secondary N) is 1. The smallest absolute Gasteiger partial charge is 0.118 e. The fourth-order valence-corrected chi connectivity index (χ4v) is 1.83. The van der Waals surface area contributed by atoms with Gasteiger partial charge in [0.15, 0.2) is 0 Å². The third-order valence-electron chi connectivity index (χ3n) is 2.83. The molecule has 0 saturated carbocycles. The predicted octanol–water partition coefficient (Wildman–Crippen LogP) is 2.10.